The number of nitrogen functional groups attached to an aromatic ring is 1. The van der Waals surface area contributed by atoms with Crippen molar-refractivity contribution in [2.45, 2.75) is 6.92 Å². The van der Waals surface area contributed by atoms with Gasteiger partial charge in [0.25, 0.3) is 0 Å². The van der Waals surface area contributed by atoms with Crippen LogP contribution in [0.4, 0.5) is 11.6 Å². The lowest BCUT2D eigenvalue weighted by atomic mass is 10.3. The Morgan fingerprint density at radius 1 is 1.50 bits per heavy atom. The van der Waals surface area contributed by atoms with E-state index in [0.29, 0.717) is 5.82 Å². The lowest BCUT2D eigenvalue weighted by Crippen LogP contribution is -1.98. The van der Waals surface area contributed by atoms with E-state index in [-0.39, 0.29) is 0 Å². The average molecular weight is 137 g/mol. The van der Waals surface area contributed by atoms with E-state index in [1.807, 2.05) is 26.1 Å². The van der Waals surface area contributed by atoms with Crippen molar-refractivity contribution in [3.05, 3.63) is 17.7 Å². The van der Waals surface area contributed by atoms with E-state index in [1.54, 1.807) is 0 Å². The van der Waals surface area contributed by atoms with Gasteiger partial charge in [0.1, 0.15) is 11.6 Å². The van der Waals surface area contributed by atoms with Crippen LogP contribution in [0.1, 0.15) is 5.56 Å². The number of hydrogen-bond donors (Lipinski definition) is 2. The third-order valence-electron chi connectivity index (χ3n) is 1.39. The molecule has 0 aliphatic carbocycles. The summed E-state index contributed by atoms with van der Waals surface area (Å²) in [7, 11) is 1.82. The Bertz CT molecular complexity index is 232. The molecule has 1 aromatic rings. The van der Waals surface area contributed by atoms with Gasteiger partial charge in [-0.05, 0) is 18.6 Å². The average Bonchev–Trinajstić information content (AvgIpc) is 1.95. The van der Waals surface area contributed by atoms with Crippen LogP contribution in [0.3, 0.4) is 0 Å². The summed E-state index contributed by atoms with van der Waals surface area (Å²) < 4.78 is 0. The molecule has 1 aromatic heterocycles. The van der Waals surface area contributed by atoms with Gasteiger partial charge in [-0.3, -0.25) is 0 Å². The normalized spacial score (nSPS) is 9.40. The molecule has 54 valence electrons. The lowest BCUT2D eigenvalue weighted by molar-refractivity contribution is 1.25. The molecule has 3 heteroatoms. The first-order chi connectivity index (χ1) is 4.74. The number of hydrogen-bond acceptors (Lipinski definition) is 3. The molecule has 3 nitrogen and oxygen atoms in total. The maximum atomic E-state index is 5.55. The van der Waals surface area contributed by atoms with E-state index in [1.165, 1.54) is 0 Å². The number of pyridine rings is 1. The van der Waals surface area contributed by atoms with Crippen LogP contribution < -0.4 is 11.1 Å². The number of aromatic nitrogens is 1. The van der Waals surface area contributed by atoms with Crippen molar-refractivity contribution in [3.8, 4) is 0 Å². The minimum atomic E-state index is 0.590. The summed E-state index contributed by atoms with van der Waals surface area (Å²) in [6, 6.07) is 3.83. The van der Waals surface area contributed by atoms with Crippen molar-refractivity contribution < 1.29 is 0 Å². The second-order valence-corrected chi connectivity index (χ2v) is 2.15. The van der Waals surface area contributed by atoms with E-state index < -0.39 is 0 Å². The zero-order chi connectivity index (χ0) is 7.56. The minimum absolute atomic E-state index is 0.590. The zero-order valence-electron chi connectivity index (χ0n) is 6.18. The van der Waals surface area contributed by atoms with Crippen molar-refractivity contribution >= 4 is 11.6 Å². The molecule has 3 N–H and O–H groups in total. The zero-order valence-corrected chi connectivity index (χ0v) is 6.18. The maximum Gasteiger partial charge on any atom is 0.128 e. The molecule has 0 unspecified atom stereocenters. The van der Waals surface area contributed by atoms with Crippen molar-refractivity contribution in [2.24, 2.45) is 0 Å². The quantitative estimate of drug-likeness (QED) is 0.607. The molecule has 0 aliphatic rings. The van der Waals surface area contributed by atoms with Crippen LogP contribution in [0.2, 0.25) is 0 Å². The molecule has 0 bridgehead atoms. The Balaban J connectivity index is 3.04. The van der Waals surface area contributed by atoms with Gasteiger partial charge in [-0.1, -0.05) is 6.07 Å². The summed E-state index contributed by atoms with van der Waals surface area (Å²) >= 11 is 0. The molecule has 1 rings (SSSR count). The number of nitrogens with zero attached hydrogens (tertiary/aromatic N) is 1. The number of rotatable bonds is 1. The van der Waals surface area contributed by atoms with Gasteiger partial charge in [0.15, 0.2) is 0 Å². The highest BCUT2D eigenvalue weighted by Crippen LogP contribution is 2.10. The van der Waals surface area contributed by atoms with Crippen LogP contribution in [-0.2, 0) is 0 Å². The number of aryl methyl sites for hydroxylation is 1. The summed E-state index contributed by atoms with van der Waals surface area (Å²) in [5.41, 5.74) is 6.56. The van der Waals surface area contributed by atoms with Gasteiger partial charge < -0.3 is 11.1 Å². The molecule has 0 saturated carbocycles. The van der Waals surface area contributed by atoms with Gasteiger partial charge in [-0.25, -0.2) is 4.98 Å². The second-order valence-electron chi connectivity index (χ2n) is 2.15. The summed E-state index contributed by atoms with van der Waals surface area (Å²) in [6.45, 7) is 1.93. The monoisotopic (exact) mass is 137 g/mol. The van der Waals surface area contributed by atoms with Gasteiger partial charge in [0.2, 0.25) is 0 Å². The predicted octanol–water partition coefficient (Wildman–Crippen LogP) is 1.01. The number of anilines is 2. The van der Waals surface area contributed by atoms with Gasteiger partial charge in [0.05, 0.1) is 0 Å². The maximum absolute atomic E-state index is 5.55. The fraction of sp³-hybridized carbons (Fsp3) is 0.286. The van der Waals surface area contributed by atoms with Gasteiger partial charge in [-0.15, -0.1) is 0 Å². The number of nitrogens with two attached hydrogens (primary N) is 1. The summed E-state index contributed by atoms with van der Waals surface area (Å²) in [5.74, 6) is 1.40. The minimum Gasteiger partial charge on any atom is -0.383 e. The first kappa shape index (κ1) is 6.86. The van der Waals surface area contributed by atoms with Crippen molar-refractivity contribution in [1.82, 2.24) is 4.98 Å². The highest BCUT2D eigenvalue weighted by atomic mass is 15.0. The highest BCUT2D eigenvalue weighted by Gasteiger charge is 1.94. The van der Waals surface area contributed by atoms with E-state index in [2.05, 4.69) is 10.3 Å². The summed E-state index contributed by atoms with van der Waals surface area (Å²) in [6.07, 6.45) is 0. The molecule has 10 heavy (non-hydrogen) atoms. The second kappa shape index (κ2) is 2.56. The van der Waals surface area contributed by atoms with Gasteiger partial charge in [-0.2, -0.15) is 0 Å². The standard InChI is InChI=1S/C7H11N3/c1-5-3-4-6(9-2)10-7(5)8/h3-4H,1-2H3,(H3,8,9,10). The van der Waals surface area contributed by atoms with Gasteiger partial charge in [0, 0.05) is 7.05 Å². The molecular weight excluding hydrogens is 126 g/mol. The Kier molecular flexibility index (Phi) is 1.76. The Morgan fingerprint density at radius 2 is 2.20 bits per heavy atom. The predicted molar refractivity (Wildman–Crippen MR) is 42.9 cm³/mol. The molecule has 0 aliphatic heterocycles. The van der Waals surface area contributed by atoms with E-state index >= 15 is 0 Å². The third kappa shape index (κ3) is 1.18. The summed E-state index contributed by atoms with van der Waals surface area (Å²) in [5, 5.41) is 2.90. The molecule has 0 spiro atoms. The van der Waals surface area contributed by atoms with Crippen LogP contribution in [0.5, 0.6) is 0 Å². The van der Waals surface area contributed by atoms with Gasteiger partial charge >= 0.3 is 0 Å². The Morgan fingerprint density at radius 3 is 2.70 bits per heavy atom. The Labute approximate surface area is 60.3 Å². The van der Waals surface area contributed by atoms with Crippen LogP contribution >= 0.6 is 0 Å². The molecule has 0 aromatic carbocycles. The third-order valence-corrected chi connectivity index (χ3v) is 1.39. The van der Waals surface area contributed by atoms with Crippen molar-refractivity contribution in [3.63, 3.8) is 0 Å². The largest absolute Gasteiger partial charge is 0.383 e. The molecule has 1 heterocycles. The molecular formula is C7H11N3. The smallest absolute Gasteiger partial charge is 0.128 e. The molecule has 0 atom stereocenters. The fourth-order valence-corrected chi connectivity index (χ4v) is 0.684. The van der Waals surface area contributed by atoms with Crippen LogP contribution in [-0.4, -0.2) is 12.0 Å². The molecule has 0 fully saturated rings. The molecule has 0 saturated heterocycles. The van der Waals surface area contributed by atoms with Crippen LogP contribution in [0.25, 0.3) is 0 Å². The van der Waals surface area contributed by atoms with Crippen molar-refractivity contribution in [2.75, 3.05) is 18.1 Å². The Hall–Kier alpha value is -1.25. The topological polar surface area (TPSA) is 50.9 Å². The van der Waals surface area contributed by atoms with E-state index in [0.717, 1.165) is 11.4 Å². The van der Waals surface area contributed by atoms with Crippen molar-refractivity contribution in [1.29, 1.82) is 0 Å². The van der Waals surface area contributed by atoms with Crippen LogP contribution in [0.15, 0.2) is 12.1 Å². The first-order valence-corrected chi connectivity index (χ1v) is 3.15. The van der Waals surface area contributed by atoms with Crippen LogP contribution in [0, 0.1) is 6.92 Å². The fourth-order valence-electron chi connectivity index (χ4n) is 0.684. The summed E-state index contributed by atoms with van der Waals surface area (Å²) in [4.78, 5) is 4.06. The lowest BCUT2D eigenvalue weighted by Gasteiger charge is -2.01. The van der Waals surface area contributed by atoms with E-state index in [9.17, 15) is 0 Å². The number of nitrogens with one attached hydrogen (secondary N) is 1. The van der Waals surface area contributed by atoms with E-state index in [4.69, 9.17) is 5.73 Å². The first-order valence-electron chi connectivity index (χ1n) is 3.15. The molecule has 0 amide bonds. The SMILES string of the molecule is CNc1ccc(C)c(N)n1. The highest BCUT2D eigenvalue weighted by molar-refractivity contribution is 5.47. The molecule has 0 radical (unpaired) electrons.